The zero-order chi connectivity index (χ0) is 14.4. The van der Waals surface area contributed by atoms with Crippen LogP contribution in [-0.2, 0) is 14.3 Å². The van der Waals surface area contributed by atoms with Crippen LogP contribution in [0.25, 0.3) is 0 Å². The van der Waals surface area contributed by atoms with Crippen LogP contribution in [0.5, 0.6) is 0 Å². The van der Waals surface area contributed by atoms with Crippen LogP contribution >= 0.6 is 12.4 Å². The number of aliphatic hydroxyl groups is 1. The highest BCUT2D eigenvalue weighted by Gasteiger charge is 2.40. The molecule has 0 saturated heterocycles. The molecule has 7 heteroatoms. The summed E-state index contributed by atoms with van der Waals surface area (Å²) >= 11 is 0. The highest BCUT2D eigenvalue weighted by Crippen LogP contribution is 2.17. The van der Waals surface area contributed by atoms with E-state index in [0.717, 1.165) is 0 Å². The van der Waals surface area contributed by atoms with Gasteiger partial charge in [0, 0.05) is 25.4 Å². The van der Waals surface area contributed by atoms with Gasteiger partial charge in [0.15, 0.2) is 11.4 Å². The molecule has 0 aromatic heterocycles. The van der Waals surface area contributed by atoms with Crippen molar-refractivity contribution >= 4 is 24.2 Å². The Morgan fingerprint density at radius 3 is 2.21 bits per heavy atom. The standard InChI is InChI=1S/C12H23NO5.ClH/c1-5-18-7-6-10(14)12(17,8-11(15)16)9-13(2,3)4;/h17H,5-9H2,1-4H3;1H. The average Bonchev–Trinajstić information content (AvgIpc) is 2.13. The number of carboxylic acid groups (broad SMARTS) is 1. The first-order chi connectivity index (χ1) is 8.10. The SMILES string of the molecule is CCOCCC(=O)C(O)(CC(=O)[O-])C[N+](C)(C)C.Cl. The molecule has 0 radical (unpaired) electrons. The second kappa shape index (κ2) is 8.47. The van der Waals surface area contributed by atoms with Crippen molar-refractivity contribution in [1.82, 2.24) is 0 Å². The second-order valence-corrected chi connectivity index (χ2v) is 5.40. The normalized spacial score (nSPS) is 14.4. The zero-order valence-corrected chi connectivity index (χ0v) is 12.8. The predicted molar refractivity (Wildman–Crippen MR) is 70.8 cm³/mol. The molecule has 1 unspecified atom stereocenters. The Kier molecular flexibility index (Phi) is 9.20. The van der Waals surface area contributed by atoms with Gasteiger partial charge in [-0.25, -0.2) is 0 Å². The van der Waals surface area contributed by atoms with Crippen LogP contribution in [0.15, 0.2) is 0 Å². The molecule has 0 rings (SSSR count). The Morgan fingerprint density at radius 2 is 1.84 bits per heavy atom. The van der Waals surface area contributed by atoms with Gasteiger partial charge in [-0.1, -0.05) is 0 Å². The fraction of sp³-hybridized carbons (Fsp3) is 0.833. The lowest BCUT2D eigenvalue weighted by molar-refractivity contribution is -0.875. The molecule has 0 bridgehead atoms. The van der Waals surface area contributed by atoms with Crippen molar-refractivity contribution in [2.75, 3.05) is 40.9 Å². The van der Waals surface area contributed by atoms with E-state index in [9.17, 15) is 19.8 Å². The van der Waals surface area contributed by atoms with Gasteiger partial charge in [0.25, 0.3) is 0 Å². The summed E-state index contributed by atoms with van der Waals surface area (Å²) in [7, 11) is 5.32. The largest absolute Gasteiger partial charge is 0.550 e. The van der Waals surface area contributed by atoms with E-state index in [0.29, 0.717) is 6.61 Å². The molecule has 0 aromatic rings. The van der Waals surface area contributed by atoms with Crippen LogP contribution < -0.4 is 5.11 Å². The molecule has 6 nitrogen and oxygen atoms in total. The molecule has 0 fully saturated rings. The van der Waals surface area contributed by atoms with Gasteiger partial charge in [0.05, 0.1) is 27.7 Å². The van der Waals surface area contributed by atoms with E-state index in [1.54, 1.807) is 28.1 Å². The fourth-order valence-electron chi connectivity index (χ4n) is 1.81. The van der Waals surface area contributed by atoms with Gasteiger partial charge in [-0.3, -0.25) is 4.79 Å². The van der Waals surface area contributed by atoms with E-state index < -0.39 is 23.8 Å². The van der Waals surface area contributed by atoms with Crippen LogP contribution in [0.2, 0.25) is 0 Å². The molecule has 0 aliphatic rings. The third-order valence-electron chi connectivity index (χ3n) is 2.37. The molecular formula is C12H24ClNO5. The van der Waals surface area contributed by atoms with Gasteiger partial charge in [0.1, 0.15) is 6.54 Å². The van der Waals surface area contributed by atoms with Gasteiger partial charge in [0.2, 0.25) is 0 Å². The Bertz CT molecular complexity index is 303. The van der Waals surface area contributed by atoms with E-state index in [1.807, 2.05) is 0 Å². The van der Waals surface area contributed by atoms with Crippen molar-refractivity contribution in [3.8, 4) is 0 Å². The van der Waals surface area contributed by atoms with Crippen molar-refractivity contribution in [2.24, 2.45) is 0 Å². The van der Waals surface area contributed by atoms with Crippen LogP contribution in [0.1, 0.15) is 19.8 Å². The molecule has 0 amide bonds. The maximum atomic E-state index is 11.9. The molecule has 0 aliphatic carbocycles. The Morgan fingerprint density at radius 1 is 1.32 bits per heavy atom. The summed E-state index contributed by atoms with van der Waals surface area (Å²) in [6, 6.07) is 0. The maximum absolute atomic E-state index is 11.9. The van der Waals surface area contributed by atoms with Gasteiger partial charge >= 0.3 is 0 Å². The Hall–Kier alpha value is -0.690. The summed E-state index contributed by atoms with van der Waals surface area (Å²) in [6.07, 6.45) is -0.689. The molecule has 0 spiro atoms. The number of ketones is 1. The van der Waals surface area contributed by atoms with Crippen LogP contribution in [0.4, 0.5) is 0 Å². The molecule has 114 valence electrons. The van der Waals surface area contributed by atoms with Gasteiger partial charge in [-0.05, 0) is 6.92 Å². The number of carboxylic acids is 1. The molecule has 0 aliphatic heterocycles. The number of likely N-dealkylation sites (N-methyl/N-ethyl adjacent to an activating group) is 1. The Balaban J connectivity index is 0. The van der Waals surface area contributed by atoms with Crippen LogP contribution in [0, 0.1) is 0 Å². The number of Topliss-reactive ketones (excluding diaryl/α,β-unsaturated/α-hetero) is 1. The lowest BCUT2D eigenvalue weighted by Crippen LogP contribution is -2.56. The van der Waals surface area contributed by atoms with Gasteiger partial charge in [-0.2, -0.15) is 0 Å². The molecule has 1 N–H and O–H groups in total. The number of carbonyl (C=O) groups excluding carboxylic acids is 2. The van der Waals surface area contributed by atoms with E-state index in [2.05, 4.69) is 0 Å². The van der Waals surface area contributed by atoms with E-state index >= 15 is 0 Å². The summed E-state index contributed by atoms with van der Waals surface area (Å²) in [5, 5.41) is 20.9. The number of ether oxygens (including phenoxy) is 1. The van der Waals surface area contributed by atoms with Gasteiger partial charge in [-0.15, -0.1) is 12.4 Å². The summed E-state index contributed by atoms with van der Waals surface area (Å²) < 4.78 is 5.32. The number of hydrogen-bond acceptors (Lipinski definition) is 5. The molecule has 0 heterocycles. The number of hydrogen-bond donors (Lipinski definition) is 1. The minimum Gasteiger partial charge on any atom is -0.550 e. The maximum Gasteiger partial charge on any atom is 0.177 e. The minimum absolute atomic E-state index is 0. The number of rotatable bonds is 9. The summed E-state index contributed by atoms with van der Waals surface area (Å²) in [6.45, 7) is 2.47. The van der Waals surface area contributed by atoms with Crippen LogP contribution in [0.3, 0.4) is 0 Å². The number of carbonyl (C=O) groups is 2. The van der Waals surface area contributed by atoms with E-state index in [1.165, 1.54) is 0 Å². The van der Waals surface area contributed by atoms with E-state index in [4.69, 9.17) is 4.74 Å². The van der Waals surface area contributed by atoms with Crippen molar-refractivity contribution in [3.63, 3.8) is 0 Å². The van der Waals surface area contributed by atoms with Crippen molar-refractivity contribution < 1.29 is 29.0 Å². The first-order valence-electron chi connectivity index (χ1n) is 5.94. The average molecular weight is 298 g/mol. The summed E-state index contributed by atoms with van der Waals surface area (Å²) in [5.41, 5.74) is -1.89. The highest BCUT2D eigenvalue weighted by atomic mass is 35.5. The molecule has 0 saturated carbocycles. The number of halogens is 1. The topological polar surface area (TPSA) is 86.7 Å². The van der Waals surface area contributed by atoms with E-state index in [-0.39, 0.29) is 36.5 Å². The number of nitrogens with zero attached hydrogens (tertiary/aromatic N) is 1. The summed E-state index contributed by atoms with van der Waals surface area (Å²) in [4.78, 5) is 22.6. The summed E-state index contributed by atoms with van der Waals surface area (Å²) in [5.74, 6) is -1.95. The lowest BCUT2D eigenvalue weighted by Gasteiger charge is -2.34. The fourth-order valence-corrected chi connectivity index (χ4v) is 1.81. The minimum atomic E-state index is -1.89. The number of quaternary nitrogens is 1. The molecule has 1 atom stereocenters. The molecular weight excluding hydrogens is 274 g/mol. The van der Waals surface area contributed by atoms with Crippen molar-refractivity contribution in [3.05, 3.63) is 0 Å². The molecule has 19 heavy (non-hydrogen) atoms. The predicted octanol–water partition coefficient (Wildman–Crippen LogP) is -1.02. The van der Waals surface area contributed by atoms with Crippen molar-refractivity contribution in [2.45, 2.75) is 25.4 Å². The highest BCUT2D eigenvalue weighted by molar-refractivity contribution is 5.90. The lowest BCUT2D eigenvalue weighted by atomic mass is 9.91. The monoisotopic (exact) mass is 297 g/mol. The third kappa shape index (κ3) is 8.93. The van der Waals surface area contributed by atoms with Crippen molar-refractivity contribution in [1.29, 1.82) is 0 Å². The quantitative estimate of drug-likeness (QED) is 0.435. The second-order valence-electron chi connectivity index (χ2n) is 5.40. The first kappa shape index (κ1) is 20.6. The zero-order valence-electron chi connectivity index (χ0n) is 12.0. The third-order valence-corrected chi connectivity index (χ3v) is 2.37. The molecule has 0 aromatic carbocycles. The number of aliphatic carboxylic acids is 1. The first-order valence-corrected chi connectivity index (χ1v) is 5.94. The van der Waals surface area contributed by atoms with Crippen LogP contribution in [-0.4, -0.2) is 67.8 Å². The Labute approximate surface area is 120 Å². The van der Waals surface area contributed by atoms with Gasteiger partial charge < -0.3 is 24.2 Å². The smallest absolute Gasteiger partial charge is 0.177 e.